The van der Waals surface area contributed by atoms with Crippen LogP contribution in [0.25, 0.3) is 0 Å². The maximum Gasteiger partial charge on any atom is 0.303 e. The van der Waals surface area contributed by atoms with Crippen LogP contribution in [-0.2, 0) is 9.53 Å². The molecule has 0 spiro atoms. The SMILES string of the molecule is CCCOC(O)CCC(=O)O. The van der Waals surface area contributed by atoms with E-state index in [0.29, 0.717) is 6.61 Å². The Kier molecular flexibility index (Phi) is 5.78. The van der Waals surface area contributed by atoms with Crippen LogP contribution in [0.15, 0.2) is 0 Å². The smallest absolute Gasteiger partial charge is 0.303 e. The first-order valence-corrected chi connectivity index (χ1v) is 3.68. The van der Waals surface area contributed by atoms with E-state index in [-0.39, 0.29) is 12.8 Å². The van der Waals surface area contributed by atoms with Gasteiger partial charge in [0.2, 0.25) is 0 Å². The fourth-order valence-electron chi connectivity index (χ4n) is 0.584. The standard InChI is InChI=1S/C7H14O4/c1-2-5-11-7(10)4-3-6(8)9/h7,10H,2-5H2,1H3,(H,8,9). The first-order valence-electron chi connectivity index (χ1n) is 3.68. The second kappa shape index (κ2) is 6.12. The van der Waals surface area contributed by atoms with Crippen LogP contribution in [0.1, 0.15) is 26.2 Å². The predicted molar refractivity (Wildman–Crippen MR) is 39.1 cm³/mol. The number of hydrogen-bond donors (Lipinski definition) is 2. The third-order valence-electron chi connectivity index (χ3n) is 1.12. The lowest BCUT2D eigenvalue weighted by Gasteiger charge is -2.08. The molecule has 0 fully saturated rings. The number of hydrogen-bond acceptors (Lipinski definition) is 3. The first-order chi connectivity index (χ1) is 5.16. The van der Waals surface area contributed by atoms with Crippen LogP contribution in [0, 0.1) is 0 Å². The third kappa shape index (κ3) is 7.29. The van der Waals surface area contributed by atoms with Crippen molar-refractivity contribution in [3.63, 3.8) is 0 Å². The Balaban J connectivity index is 3.22. The molecule has 2 N–H and O–H groups in total. The van der Waals surface area contributed by atoms with Gasteiger partial charge in [-0.05, 0) is 6.42 Å². The Morgan fingerprint density at radius 2 is 2.27 bits per heavy atom. The minimum absolute atomic E-state index is 0.0507. The molecule has 1 unspecified atom stereocenters. The zero-order chi connectivity index (χ0) is 8.69. The van der Waals surface area contributed by atoms with Gasteiger partial charge in [-0.3, -0.25) is 4.79 Å². The lowest BCUT2D eigenvalue weighted by molar-refractivity contribution is -0.142. The Morgan fingerprint density at radius 3 is 2.73 bits per heavy atom. The quantitative estimate of drug-likeness (QED) is 0.561. The summed E-state index contributed by atoms with van der Waals surface area (Å²) in [5, 5.41) is 17.2. The van der Waals surface area contributed by atoms with Crippen LogP contribution in [0.2, 0.25) is 0 Å². The van der Waals surface area contributed by atoms with E-state index in [2.05, 4.69) is 0 Å². The molecule has 0 heterocycles. The molecule has 0 rings (SSSR count). The van der Waals surface area contributed by atoms with Crippen molar-refractivity contribution in [1.82, 2.24) is 0 Å². The number of aliphatic carboxylic acids is 1. The van der Waals surface area contributed by atoms with E-state index in [4.69, 9.17) is 14.9 Å². The molecule has 0 aromatic heterocycles. The highest BCUT2D eigenvalue weighted by Gasteiger charge is 2.05. The summed E-state index contributed by atoms with van der Waals surface area (Å²) in [4.78, 5) is 10.0. The monoisotopic (exact) mass is 162 g/mol. The predicted octanol–water partition coefficient (Wildman–Crippen LogP) is 0.596. The van der Waals surface area contributed by atoms with Crippen LogP contribution in [0.3, 0.4) is 0 Å². The van der Waals surface area contributed by atoms with Gasteiger partial charge in [0.15, 0.2) is 6.29 Å². The Bertz CT molecular complexity index is 113. The van der Waals surface area contributed by atoms with E-state index in [1.807, 2.05) is 6.92 Å². The molecule has 11 heavy (non-hydrogen) atoms. The molecule has 4 heteroatoms. The van der Waals surface area contributed by atoms with Gasteiger partial charge in [-0.2, -0.15) is 0 Å². The van der Waals surface area contributed by atoms with Crippen LogP contribution in [-0.4, -0.2) is 29.1 Å². The average Bonchev–Trinajstić information content (AvgIpc) is 1.97. The number of aliphatic hydroxyl groups excluding tert-OH is 1. The Labute approximate surface area is 65.8 Å². The number of aliphatic hydroxyl groups is 1. The maximum absolute atomic E-state index is 10.0. The van der Waals surface area contributed by atoms with Gasteiger partial charge in [-0.25, -0.2) is 0 Å². The van der Waals surface area contributed by atoms with Crippen LogP contribution in [0.4, 0.5) is 0 Å². The summed E-state index contributed by atoms with van der Waals surface area (Å²) in [7, 11) is 0. The van der Waals surface area contributed by atoms with Gasteiger partial charge < -0.3 is 14.9 Å². The van der Waals surface area contributed by atoms with Gasteiger partial charge in [0.1, 0.15) is 0 Å². The number of carboxylic acid groups (broad SMARTS) is 1. The topological polar surface area (TPSA) is 66.8 Å². The van der Waals surface area contributed by atoms with E-state index in [9.17, 15) is 4.79 Å². The van der Waals surface area contributed by atoms with Gasteiger partial charge in [0, 0.05) is 13.0 Å². The number of ether oxygens (including phenoxy) is 1. The summed E-state index contributed by atoms with van der Waals surface area (Å²) >= 11 is 0. The molecule has 0 aliphatic rings. The summed E-state index contributed by atoms with van der Waals surface area (Å²) in [5.41, 5.74) is 0. The second-order valence-electron chi connectivity index (χ2n) is 2.26. The van der Waals surface area contributed by atoms with Crippen LogP contribution >= 0.6 is 0 Å². The first kappa shape index (κ1) is 10.4. The molecule has 0 amide bonds. The van der Waals surface area contributed by atoms with Gasteiger partial charge in [0.25, 0.3) is 0 Å². The van der Waals surface area contributed by atoms with Gasteiger partial charge in [-0.1, -0.05) is 6.92 Å². The minimum Gasteiger partial charge on any atom is -0.481 e. The highest BCUT2D eigenvalue weighted by atomic mass is 16.6. The molecule has 0 saturated heterocycles. The van der Waals surface area contributed by atoms with E-state index >= 15 is 0 Å². The molecule has 0 bridgehead atoms. The molecule has 0 radical (unpaired) electrons. The Hall–Kier alpha value is -0.610. The van der Waals surface area contributed by atoms with Crippen molar-refractivity contribution in [2.24, 2.45) is 0 Å². The summed E-state index contributed by atoms with van der Waals surface area (Å²) in [6, 6.07) is 0. The maximum atomic E-state index is 10.0. The molecule has 0 aromatic carbocycles. The highest BCUT2D eigenvalue weighted by Crippen LogP contribution is 1.98. The molecule has 0 aliphatic heterocycles. The van der Waals surface area contributed by atoms with Crippen molar-refractivity contribution >= 4 is 5.97 Å². The van der Waals surface area contributed by atoms with E-state index in [0.717, 1.165) is 6.42 Å². The largest absolute Gasteiger partial charge is 0.481 e. The molecule has 66 valence electrons. The third-order valence-corrected chi connectivity index (χ3v) is 1.12. The van der Waals surface area contributed by atoms with E-state index in [1.54, 1.807) is 0 Å². The Morgan fingerprint density at radius 1 is 1.64 bits per heavy atom. The normalized spacial score (nSPS) is 12.9. The number of rotatable bonds is 6. The molecule has 0 aliphatic carbocycles. The number of carboxylic acids is 1. The zero-order valence-corrected chi connectivity index (χ0v) is 6.62. The molecular formula is C7H14O4. The van der Waals surface area contributed by atoms with Crippen molar-refractivity contribution in [3.05, 3.63) is 0 Å². The van der Waals surface area contributed by atoms with Crippen LogP contribution in [0.5, 0.6) is 0 Å². The summed E-state index contributed by atoms with van der Waals surface area (Å²) < 4.78 is 4.83. The lowest BCUT2D eigenvalue weighted by Crippen LogP contribution is -2.14. The summed E-state index contributed by atoms with van der Waals surface area (Å²) in [6.07, 6.45) is 0.00991. The second-order valence-corrected chi connectivity index (χ2v) is 2.26. The lowest BCUT2D eigenvalue weighted by atomic mass is 10.3. The van der Waals surface area contributed by atoms with Crippen molar-refractivity contribution in [1.29, 1.82) is 0 Å². The van der Waals surface area contributed by atoms with Crippen molar-refractivity contribution < 1.29 is 19.7 Å². The van der Waals surface area contributed by atoms with Crippen molar-refractivity contribution in [3.8, 4) is 0 Å². The van der Waals surface area contributed by atoms with E-state index < -0.39 is 12.3 Å². The van der Waals surface area contributed by atoms with Crippen molar-refractivity contribution in [2.45, 2.75) is 32.5 Å². The van der Waals surface area contributed by atoms with Crippen LogP contribution < -0.4 is 0 Å². The number of carbonyl (C=O) groups is 1. The van der Waals surface area contributed by atoms with Gasteiger partial charge in [-0.15, -0.1) is 0 Å². The molecule has 0 saturated carbocycles. The molecular weight excluding hydrogens is 148 g/mol. The fourth-order valence-corrected chi connectivity index (χ4v) is 0.584. The summed E-state index contributed by atoms with van der Waals surface area (Å²) in [5.74, 6) is -0.913. The van der Waals surface area contributed by atoms with Gasteiger partial charge in [0.05, 0.1) is 6.42 Å². The van der Waals surface area contributed by atoms with Crippen molar-refractivity contribution in [2.75, 3.05) is 6.61 Å². The average molecular weight is 162 g/mol. The van der Waals surface area contributed by atoms with Gasteiger partial charge >= 0.3 is 5.97 Å². The summed E-state index contributed by atoms with van der Waals surface area (Å²) in [6.45, 7) is 2.39. The molecule has 0 aromatic rings. The molecule has 4 nitrogen and oxygen atoms in total. The van der Waals surface area contributed by atoms with E-state index in [1.165, 1.54) is 0 Å². The molecule has 1 atom stereocenters. The zero-order valence-electron chi connectivity index (χ0n) is 6.62. The minimum atomic E-state index is -0.925. The fraction of sp³-hybridized carbons (Fsp3) is 0.857. The highest BCUT2D eigenvalue weighted by molar-refractivity contribution is 5.66.